The molecule has 2 rings (SSSR count). The monoisotopic (exact) mass is 327 g/mol. The van der Waals surface area contributed by atoms with E-state index in [1.165, 1.54) is 16.7 Å². The first-order chi connectivity index (χ1) is 11.1. The van der Waals surface area contributed by atoms with Crippen LogP contribution in [0.5, 0.6) is 0 Å². The lowest BCUT2D eigenvalue weighted by Gasteiger charge is -2.19. The molecule has 0 aliphatic carbocycles. The second-order valence-electron chi connectivity index (χ2n) is 6.96. The molecule has 1 heterocycles. The number of hydrogen-bond donors (Lipinski definition) is 2. The largest absolute Gasteiger partial charge is 0.444 e. The average Bonchev–Trinajstić information content (AvgIpc) is 2.42. The van der Waals surface area contributed by atoms with Gasteiger partial charge in [-0.15, -0.1) is 0 Å². The van der Waals surface area contributed by atoms with Crippen molar-refractivity contribution in [1.29, 1.82) is 0 Å². The fourth-order valence-corrected chi connectivity index (χ4v) is 2.47. The molecule has 0 saturated heterocycles. The highest BCUT2D eigenvalue weighted by atomic mass is 16.6. The number of nitrogens with zero attached hydrogens (tertiary/aromatic N) is 1. The Bertz CT molecular complexity index is 708. The van der Waals surface area contributed by atoms with Gasteiger partial charge < -0.3 is 10.1 Å². The van der Waals surface area contributed by atoms with E-state index < -0.39 is 11.7 Å². The van der Waals surface area contributed by atoms with Gasteiger partial charge in [0, 0.05) is 5.69 Å². The maximum atomic E-state index is 11.7. The molecule has 128 valence electrons. The Hall–Kier alpha value is -2.56. The van der Waals surface area contributed by atoms with Crippen LogP contribution in [0.2, 0.25) is 0 Å². The Morgan fingerprint density at radius 3 is 2.21 bits per heavy atom. The Kier molecular flexibility index (Phi) is 5.12. The van der Waals surface area contributed by atoms with E-state index in [0.29, 0.717) is 5.69 Å². The summed E-state index contributed by atoms with van der Waals surface area (Å²) in [7, 11) is 0. The average molecular weight is 327 g/mol. The molecule has 5 heteroatoms. The standard InChI is InChI=1S/C19H25N3O2/c1-12-9-13(2)17(14(3)10-12)22-16-8-7-15(11-20-16)21-18(23)24-19(4,5)6/h7-11H,1-6H3,(H,20,22)(H,21,23). The maximum absolute atomic E-state index is 11.7. The lowest BCUT2D eigenvalue weighted by Crippen LogP contribution is -2.27. The number of pyridine rings is 1. The maximum Gasteiger partial charge on any atom is 0.412 e. The lowest BCUT2D eigenvalue weighted by atomic mass is 10.1. The van der Waals surface area contributed by atoms with Crippen molar-refractivity contribution in [1.82, 2.24) is 4.98 Å². The first kappa shape index (κ1) is 17.8. The van der Waals surface area contributed by atoms with Gasteiger partial charge in [-0.25, -0.2) is 9.78 Å². The molecular weight excluding hydrogens is 302 g/mol. The van der Waals surface area contributed by atoms with Crippen molar-refractivity contribution in [2.75, 3.05) is 10.6 Å². The van der Waals surface area contributed by atoms with Crippen molar-refractivity contribution in [3.05, 3.63) is 47.2 Å². The molecule has 1 amide bonds. The molecule has 24 heavy (non-hydrogen) atoms. The van der Waals surface area contributed by atoms with Crippen LogP contribution in [0.3, 0.4) is 0 Å². The van der Waals surface area contributed by atoms with Crippen molar-refractivity contribution in [3.8, 4) is 0 Å². The Balaban J connectivity index is 2.06. The zero-order valence-electron chi connectivity index (χ0n) is 15.2. The fourth-order valence-electron chi connectivity index (χ4n) is 2.47. The number of ether oxygens (including phenoxy) is 1. The van der Waals surface area contributed by atoms with Gasteiger partial charge in [0.05, 0.1) is 11.9 Å². The van der Waals surface area contributed by atoms with Crippen LogP contribution in [0.1, 0.15) is 37.5 Å². The Morgan fingerprint density at radius 1 is 1.08 bits per heavy atom. The summed E-state index contributed by atoms with van der Waals surface area (Å²) < 4.78 is 5.22. The molecule has 2 aromatic rings. The van der Waals surface area contributed by atoms with E-state index in [0.717, 1.165) is 11.5 Å². The summed E-state index contributed by atoms with van der Waals surface area (Å²) in [6.07, 6.45) is 1.11. The minimum Gasteiger partial charge on any atom is -0.444 e. The zero-order chi connectivity index (χ0) is 17.9. The van der Waals surface area contributed by atoms with Crippen LogP contribution in [-0.2, 0) is 4.74 Å². The Morgan fingerprint density at radius 2 is 1.71 bits per heavy atom. The molecule has 2 N–H and O–H groups in total. The minimum atomic E-state index is -0.528. The third-order valence-electron chi connectivity index (χ3n) is 3.34. The highest BCUT2D eigenvalue weighted by Crippen LogP contribution is 2.25. The van der Waals surface area contributed by atoms with Crippen LogP contribution in [0.25, 0.3) is 0 Å². The predicted molar refractivity (Wildman–Crippen MR) is 98.0 cm³/mol. The van der Waals surface area contributed by atoms with Gasteiger partial charge in [0.1, 0.15) is 11.4 Å². The number of aromatic nitrogens is 1. The van der Waals surface area contributed by atoms with Crippen molar-refractivity contribution >= 4 is 23.3 Å². The second kappa shape index (κ2) is 6.91. The lowest BCUT2D eigenvalue weighted by molar-refractivity contribution is 0.0636. The van der Waals surface area contributed by atoms with E-state index in [1.807, 2.05) is 26.8 Å². The summed E-state index contributed by atoms with van der Waals surface area (Å²) in [6, 6.07) is 7.88. The van der Waals surface area contributed by atoms with Crippen LogP contribution in [0.15, 0.2) is 30.5 Å². The summed E-state index contributed by atoms with van der Waals surface area (Å²) in [6.45, 7) is 11.7. The van der Waals surface area contributed by atoms with Gasteiger partial charge in [-0.1, -0.05) is 17.7 Å². The summed E-state index contributed by atoms with van der Waals surface area (Å²) >= 11 is 0. The fraction of sp³-hybridized carbons (Fsp3) is 0.368. The number of amides is 1. The summed E-state index contributed by atoms with van der Waals surface area (Å²) in [5.41, 5.74) is 4.70. The van der Waals surface area contributed by atoms with E-state index in [4.69, 9.17) is 4.74 Å². The Labute approximate surface area is 143 Å². The molecule has 0 fully saturated rings. The van der Waals surface area contributed by atoms with Crippen molar-refractivity contribution in [2.45, 2.75) is 47.1 Å². The molecule has 0 bridgehead atoms. The summed E-state index contributed by atoms with van der Waals surface area (Å²) in [4.78, 5) is 16.1. The van der Waals surface area contributed by atoms with Crippen molar-refractivity contribution in [3.63, 3.8) is 0 Å². The molecule has 0 aliphatic rings. The van der Waals surface area contributed by atoms with Gasteiger partial charge in [0.25, 0.3) is 0 Å². The van der Waals surface area contributed by atoms with Gasteiger partial charge in [-0.3, -0.25) is 5.32 Å². The number of carbonyl (C=O) groups excluding carboxylic acids is 1. The van der Waals surface area contributed by atoms with Crippen molar-refractivity contribution < 1.29 is 9.53 Å². The highest BCUT2D eigenvalue weighted by molar-refractivity contribution is 5.84. The van der Waals surface area contributed by atoms with Gasteiger partial charge in [-0.05, 0) is 64.8 Å². The molecule has 1 aromatic heterocycles. The van der Waals surface area contributed by atoms with E-state index >= 15 is 0 Å². The number of anilines is 3. The third-order valence-corrected chi connectivity index (χ3v) is 3.34. The molecule has 1 aromatic carbocycles. The number of hydrogen-bond acceptors (Lipinski definition) is 4. The molecule has 5 nitrogen and oxygen atoms in total. The molecule has 0 atom stereocenters. The number of aryl methyl sites for hydroxylation is 3. The van der Waals surface area contributed by atoms with Gasteiger partial charge in [0.15, 0.2) is 0 Å². The first-order valence-corrected chi connectivity index (χ1v) is 7.95. The molecular formula is C19H25N3O2. The quantitative estimate of drug-likeness (QED) is 0.823. The SMILES string of the molecule is Cc1cc(C)c(Nc2ccc(NC(=O)OC(C)(C)C)cn2)c(C)c1. The van der Waals surface area contributed by atoms with Crippen LogP contribution < -0.4 is 10.6 Å². The number of benzene rings is 1. The van der Waals surface area contributed by atoms with Crippen LogP contribution in [-0.4, -0.2) is 16.7 Å². The first-order valence-electron chi connectivity index (χ1n) is 7.95. The topological polar surface area (TPSA) is 63.2 Å². The molecule has 0 spiro atoms. The number of carbonyl (C=O) groups is 1. The van der Waals surface area contributed by atoms with Gasteiger partial charge >= 0.3 is 6.09 Å². The summed E-state index contributed by atoms with van der Waals surface area (Å²) in [5, 5.41) is 6.00. The second-order valence-corrected chi connectivity index (χ2v) is 6.96. The van der Waals surface area contributed by atoms with Crippen LogP contribution in [0.4, 0.5) is 22.0 Å². The molecule has 0 unspecified atom stereocenters. The van der Waals surface area contributed by atoms with Crippen LogP contribution in [0, 0.1) is 20.8 Å². The van der Waals surface area contributed by atoms with E-state index in [1.54, 1.807) is 12.3 Å². The van der Waals surface area contributed by atoms with E-state index in [9.17, 15) is 4.79 Å². The normalized spacial score (nSPS) is 11.1. The van der Waals surface area contributed by atoms with Crippen molar-refractivity contribution in [2.24, 2.45) is 0 Å². The predicted octanol–water partition coefficient (Wildman–Crippen LogP) is 5.10. The minimum absolute atomic E-state index is 0.491. The third kappa shape index (κ3) is 4.98. The number of nitrogens with one attached hydrogen (secondary N) is 2. The smallest absolute Gasteiger partial charge is 0.412 e. The molecule has 0 aliphatic heterocycles. The van der Waals surface area contributed by atoms with Crippen LogP contribution >= 0.6 is 0 Å². The van der Waals surface area contributed by atoms with E-state index in [-0.39, 0.29) is 0 Å². The number of rotatable bonds is 3. The van der Waals surface area contributed by atoms with E-state index in [2.05, 4.69) is 48.5 Å². The zero-order valence-corrected chi connectivity index (χ0v) is 15.2. The highest BCUT2D eigenvalue weighted by Gasteiger charge is 2.16. The molecule has 0 radical (unpaired) electrons. The van der Waals surface area contributed by atoms with Gasteiger partial charge in [0.2, 0.25) is 0 Å². The summed E-state index contributed by atoms with van der Waals surface area (Å²) in [5.74, 6) is 0.722. The molecule has 0 saturated carbocycles. The van der Waals surface area contributed by atoms with Gasteiger partial charge in [-0.2, -0.15) is 0 Å².